The number of carbonyl (C=O) groups is 2. The number of pyridine rings is 1. The molecule has 0 unspecified atom stereocenters. The van der Waals surface area contributed by atoms with Gasteiger partial charge in [0, 0.05) is 23.2 Å². The van der Waals surface area contributed by atoms with Crippen LogP contribution in [0.5, 0.6) is 5.75 Å². The molecule has 0 bridgehead atoms. The quantitative estimate of drug-likeness (QED) is 0.327. The van der Waals surface area contributed by atoms with Gasteiger partial charge in [-0.25, -0.2) is 9.97 Å². The lowest BCUT2D eigenvalue weighted by Gasteiger charge is -2.19. The summed E-state index contributed by atoms with van der Waals surface area (Å²) in [7, 11) is 1.60. The number of amides is 2. The van der Waals surface area contributed by atoms with E-state index in [0.717, 1.165) is 36.8 Å². The van der Waals surface area contributed by atoms with Gasteiger partial charge in [0.15, 0.2) is 5.82 Å². The summed E-state index contributed by atoms with van der Waals surface area (Å²) in [6.45, 7) is 3.92. The predicted molar refractivity (Wildman–Crippen MR) is 140 cm³/mol. The molecule has 1 aliphatic heterocycles. The Hall–Kier alpha value is -3.99. The predicted octanol–water partition coefficient (Wildman–Crippen LogP) is 3.67. The standard InChI is InChI=1S/C25H27ClN8O3/c1-12-9-28-16(13(2)20(12)37-3)11-34-22-19(21(26)32-25(27)33-22)15(24(34)36)8-17-29-10-18(30-17)31-23(35)14-6-4-5-7-14/h8-10,14H,4-7,11H2,1-3H3,(H,29,30)(H,31,35)(H2,27,32,33)/b15-8+. The zero-order valence-corrected chi connectivity index (χ0v) is 21.5. The number of methoxy groups -OCH3 is 1. The van der Waals surface area contributed by atoms with Crippen LogP contribution >= 0.6 is 11.6 Å². The minimum Gasteiger partial charge on any atom is -0.496 e. The number of imidazole rings is 1. The van der Waals surface area contributed by atoms with Gasteiger partial charge < -0.3 is 20.8 Å². The molecule has 1 saturated carbocycles. The number of rotatable bonds is 6. The molecule has 192 valence electrons. The first-order valence-electron chi connectivity index (χ1n) is 12.0. The summed E-state index contributed by atoms with van der Waals surface area (Å²) in [4.78, 5) is 47.8. The van der Waals surface area contributed by atoms with Crippen molar-refractivity contribution in [2.45, 2.75) is 46.1 Å². The monoisotopic (exact) mass is 522 g/mol. The number of nitrogens with zero attached hydrogens (tertiary/aromatic N) is 5. The highest BCUT2D eigenvalue weighted by Gasteiger charge is 2.38. The number of carbonyl (C=O) groups excluding carboxylic acids is 2. The Bertz CT molecular complexity index is 1430. The van der Waals surface area contributed by atoms with E-state index in [1.165, 1.54) is 11.1 Å². The number of anilines is 3. The van der Waals surface area contributed by atoms with Gasteiger partial charge in [0.25, 0.3) is 5.91 Å². The summed E-state index contributed by atoms with van der Waals surface area (Å²) in [5.74, 6) is 1.40. The average molecular weight is 523 g/mol. The van der Waals surface area contributed by atoms with E-state index in [4.69, 9.17) is 22.1 Å². The van der Waals surface area contributed by atoms with Crippen LogP contribution in [-0.4, -0.2) is 43.8 Å². The van der Waals surface area contributed by atoms with E-state index in [9.17, 15) is 9.59 Å². The lowest BCUT2D eigenvalue weighted by molar-refractivity contribution is -0.119. The fourth-order valence-electron chi connectivity index (χ4n) is 4.91. The van der Waals surface area contributed by atoms with Crippen molar-refractivity contribution in [2.24, 2.45) is 5.92 Å². The minimum absolute atomic E-state index is 0.0147. The Morgan fingerprint density at radius 1 is 1.27 bits per heavy atom. The van der Waals surface area contributed by atoms with Gasteiger partial charge in [-0.2, -0.15) is 4.98 Å². The molecular formula is C25H27ClN8O3. The molecule has 3 aromatic rings. The van der Waals surface area contributed by atoms with Gasteiger partial charge in [-0.3, -0.25) is 19.5 Å². The van der Waals surface area contributed by atoms with E-state index in [1.807, 2.05) is 13.8 Å². The van der Waals surface area contributed by atoms with Crippen LogP contribution in [0, 0.1) is 19.8 Å². The largest absolute Gasteiger partial charge is 0.496 e. The van der Waals surface area contributed by atoms with Gasteiger partial charge >= 0.3 is 0 Å². The molecule has 0 atom stereocenters. The van der Waals surface area contributed by atoms with Crippen molar-refractivity contribution in [1.82, 2.24) is 24.9 Å². The number of hydrogen-bond acceptors (Lipinski definition) is 8. The van der Waals surface area contributed by atoms with Crippen molar-refractivity contribution in [3.8, 4) is 5.75 Å². The summed E-state index contributed by atoms with van der Waals surface area (Å²) in [5.41, 5.74) is 8.82. The molecule has 2 amide bonds. The summed E-state index contributed by atoms with van der Waals surface area (Å²) in [6.07, 6.45) is 8.69. The Kier molecular flexibility index (Phi) is 6.55. The van der Waals surface area contributed by atoms with Crippen LogP contribution in [0.2, 0.25) is 5.15 Å². The molecule has 3 aromatic heterocycles. The number of nitrogen functional groups attached to an aromatic ring is 1. The van der Waals surface area contributed by atoms with Crippen LogP contribution in [-0.2, 0) is 16.1 Å². The first-order valence-corrected chi connectivity index (χ1v) is 12.4. The number of nitrogens with two attached hydrogens (primary N) is 1. The van der Waals surface area contributed by atoms with Crippen molar-refractivity contribution >= 4 is 52.6 Å². The molecular weight excluding hydrogens is 496 g/mol. The fourth-order valence-corrected chi connectivity index (χ4v) is 5.18. The van der Waals surface area contributed by atoms with Gasteiger partial charge in [0.1, 0.15) is 22.5 Å². The second-order valence-electron chi connectivity index (χ2n) is 9.22. The summed E-state index contributed by atoms with van der Waals surface area (Å²) < 4.78 is 5.51. The van der Waals surface area contributed by atoms with E-state index in [0.29, 0.717) is 28.6 Å². The minimum atomic E-state index is -0.356. The molecule has 1 aliphatic carbocycles. The number of H-pyrrole nitrogens is 1. The third-order valence-electron chi connectivity index (χ3n) is 6.78. The SMILES string of the molecule is COc1c(C)cnc(CN2C(=O)/C(=C/c3ncc(NC(=O)C4CCCC4)[nH]3)c3c(Cl)nc(N)nc32)c1C. The number of aromatic amines is 1. The Labute approximate surface area is 218 Å². The highest BCUT2D eigenvalue weighted by molar-refractivity contribution is 6.41. The Morgan fingerprint density at radius 3 is 2.76 bits per heavy atom. The maximum atomic E-state index is 13.6. The molecule has 5 rings (SSSR count). The molecule has 1 fully saturated rings. The maximum Gasteiger partial charge on any atom is 0.260 e. The van der Waals surface area contributed by atoms with E-state index < -0.39 is 0 Å². The lowest BCUT2D eigenvalue weighted by atomic mass is 10.1. The first-order chi connectivity index (χ1) is 17.8. The lowest BCUT2D eigenvalue weighted by Crippen LogP contribution is -2.27. The molecule has 0 aromatic carbocycles. The fraction of sp³-hybridized carbons (Fsp3) is 0.360. The van der Waals surface area contributed by atoms with E-state index in [-0.39, 0.29) is 46.8 Å². The molecule has 4 N–H and O–H groups in total. The summed E-state index contributed by atoms with van der Waals surface area (Å²) >= 11 is 6.44. The third kappa shape index (κ3) is 4.62. The number of aromatic nitrogens is 5. The number of fused-ring (bicyclic) bond motifs is 1. The van der Waals surface area contributed by atoms with Crippen LogP contribution in [0.15, 0.2) is 12.4 Å². The van der Waals surface area contributed by atoms with Crippen molar-refractivity contribution in [3.63, 3.8) is 0 Å². The van der Waals surface area contributed by atoms with Gasteiger partial charge in [-0.1, -0.05) is 24.4 Å². The molecule has 0 radical (unpaired) electrons. The number of ether oxygens (including phenoxy) is 1. The number of halogens is 1. The molecule has 12 heteroatoms. The van der Waals surface area contributed by atoms with E-state index in [2.05, 4.69) is 30.2 Å². The van der Waals surface area contributed by atoms with Crippen LogP contribution in [0.3, 0.4) is 0 Å². The molecule has 2 aliphatic rings. The topological polar surface area (TPSA) is 152 Å². The van der Waals surface area contributed by atoms with Gasteiger partial charge in [0.2, 0.25) is 11.9 Å². The van der Waals surface area contributed by atoms with Crippen molar-refractivity contribution < 1.29 is 14.3 Å². The smallest absolute Gasteiger partial charge is 0.260 e. The van der Waals surface area contributed by atoms with Crippen LogP contribution in [0.25, 0.3) is 11.6 Å². The zero-order valence-electron chi connectivity index (χ0n) is 20.8. The number of hydrogen-bond donors (Lipinski definition) is 3. The number of aryl methyl sites for hydroxylation is 1. The van der Waals surface area contributed by atoms with E-state index >= 15 is 0 Å². The maximum absolute atomic E-state index is 13.6. The molecule has 11 nitrogen and oxygen atoms in total. The Morgan fingerprint density at radius 2 is 2.03 bits per heavy atom. The second-order valence-corrected chi connectivity index (χ2v) is 9.58. The normalized spacial score (nSPS) is 16.5. The van der Waals surface area contributed by atoms with Crippen LogP contribution in [0.4, 0.5) is 17.6 Å². The highest BCUT2D eigenvalue weighted by atomic mass is 35.5. The molecule has 37 heavy (non-hydrogen) atoms. The Balaban J connectivity index is 1.47. The van der Waals surface area contributed by atoms with Gasteiger partial charge in [0.05, 0.1) is 36.7 Å². The molecule has 4 heterocycles. The van der Waals surface area contributed by atoms with Crippen molar-refractivity contribution in [3.05, 3.63) is 45.8 Å². The third-order valence-corrected chi connectivity index (χ3v) is 7.06. The van der Waals surface area contributed by atoms with Crippen molar-refractivity contribution in [2.75, 3.05) is 23.1 Å². The van der Waals surface area contributed by atoms with E-state index in [1.54, 1.807) is 19.4 Å². The second kappa shape index (κ2) is 9.81. The van der Waals surface area contributed by atoms with Crippen LogP contribution in [0.1, 0.15) is 53.9 Å². The molecule has 0 spiro atoms. The van der Waals surface area contributed by atoms with Gasteiger partial charge in [-0.05, 0) is 32.8 Å². The average Bonchev–Trinajstić information content (AvgIpc) is 3.59. The first kappa shape index (κ1) is 24.7. The van der Waals surface area contributed by atoms with Crippen molar-refractivity contribution in [1.29, 1.82) is 0 Å². The summed E-state index contributed by atoms with van der Waals surface area (Å²) in [6, 6.07) is 0. The van der Waals surface area contributed by atoms with Gasteiger partial charge in [-0.15, -0.1) is 0 Å². The zero-order chi connectivity index (χ0) is 26.3. The summed E-state index contributed by atoms with van der Waals surface area (Å²) in [5, 5.41) is 2.93. The molecule has 0 saturated heterocycles. The number of nitrogens with one attached hydrogen (secondary N) is 2. The van der Waals surface area contributed by atoms with Crippen LogP contribution < -0.4 is 20.7 Å². The highest BCUT2D eigenvalue weighted by Crippen LogP contribution is 2.41.